The van der Waals surface area contributed by atoms with E-state index in [-0.39, 0.29) is 5.91 Å². The zero-order valence-corrected chi connectivity index (χ0v) is 20.5. The molecule has 0 fully saturated rings. The summed E-state index contributed by atoms with van der Waals surface area (Å²) in [7, 11) is 0. The minimum Gasteiger partial charge on any atom is -0.436 e. The predicted octanol–water partition coefficient (Wildman–Crippen LogP) is 7.11. The van der Waals surface area contributed by atoms with Gasteiger partial charge in [0.25, 0.3) is 0 Å². The molecule has 5 rings (SSSR count). The fraction of sp³-hybridized carbons (Fsp3) is 0.161. The van der Waals surface area contributed by atoms with Crippen molar-refractivity contribution in [2.75, 3.05) is 23.3 Å². The summed E-state index contributed by atoms with van der Waals surface area (Å²) < 4.78 is 6.02. The Balaban J connectivity index is 1.39. The topological polar surface area (TPSA) is 58.4 Å². The van der Waals surface area contributed by atoms with Crippen LogP contribution in [0.1, 0.15) is 30.9 Å². The van der Waals surface area contributed by atoms with Crippen LogP contribution in [0.4, 0.5) is 11.4 Å². The summed E-state index contributed by atoms with van der Waals surface area (Å²) in [5.41, 5.74) is 6.04. The van der Waals surface area contributed by atoms with Crippen molar-refractivity contribution >= 4 is 28.4 Å². The van der Waals surface area contributed by atoms with Crippen molar-refractivity contribution in [3.05, 3.63) is 114 Å². The molecule has 0 aliphatic heterocycles. The molecule has 0 atom stereocenters. The lowest BCUT2D eigenvalue weighted by molar-refractivity contribution is -0.116. The number of oxazole rings is 1. The van der Waals surface area contributed by atoms with E-state index < -0.39 is 5.92 Å². The quantitative estimate of drug-likeness (QED) is 0.260. The SMILES string of the molecule is CCN(CC)c1ccc(-c2nc3cc(NC(=O)C(c4ccccc4)c4ccccc4)ccc3o2)cc1. The number of fused-ring (bicyclic) bond motifs is 1. The Morgan fingerprint density at radius 1 is 0.833 bits per heavy atom. The number of amides is 1. The van der Waals surface area contributed by atoms with Gasteiger partial charge in [-0.05, 0) is 67.4 Å². The highest BCUT2D eigenvalue weighted by molar-refractivity contribution is 5.99. The first-order valence-electron chi connectivity index (χ1n) is 12.3. The Kier molecular flexibility index (Phi) is 6.80. The lowest BCUT2D eigenvalue weighted by atomic mass is 9.90. The summed E-state index contributed by atoms with van der Waals surface area (Å²) in [5, 5.41) is 3.09. The van der Waals surface area contributed by atoms with Gasteiger partial charge in [0.05, 0.1) is 5.92 Å². The van der Waals surface area contributed by atoms with Crippen molar-refractivity contribution in [2.24, 2.45) is 0 Å². The van der Waals surface area contributed by atoms with E-state index in [0.29, 0.717) is 22.7 Å². The van der Waals surface area contributed by atoms with E-state index in [2.05, 4.69) is 36.2 Å². The summed E-state index contributed by atoms with van der Waals surface area (Å²) in [6, 6.07) is 33.5. The zero-order valence-electron chi connectivity index (χ0n) is 20.5. The first-order valence-corrected chi connectivity index (χ1v) is 12.3. The lowest BCUT2D eigenvalue weighted by Gasteiger charge is -2.20. The molecule has 180 valence electrons. The summed E-state index contributed by atoms with van der Waals surface area (Å²) in [6.07, 6.45) is 0. The van der Waals surface area contributed by atoms with Crippen LogP contribution in [0.3, 0.4) is 0 Å². The highest BCUT2D eigenvalue weighted by atomic mass is 16.3. The van der Waals surface area contributed by atoms with Gasteiger partial charge in [-0.1, -0.05) is 60.7 Å². The second kappa shape index (κ2) is 10.5. The van der Waals surface area contributed by atoms with Gasteiger partial charge in [-0.25, -0.2) is 4.98 Å². The molecule has 36 heavy (non-hydrogen) atoms. The molecule has 0 unspecified atom stereocenters. The zero-order chi connectivity index (χ0) is 24.9. The van der Waals surface area contributed by atoms with Crippen molar-refractivity contribution in [3.63, 3.8) is 0 Å². The highest BCUT2D eigenvalue weighted by Gasteiger charge is 2.23. The fourth-order valence-electron chi connectivity index (χ4n) is 4.53. The van der Waals surface area contributed by atoms with Crippen LogP contribution >= 0.6 is 0 Å². The molecule has 5 nitrogen and oxygen atoms in total. The summed E-state index contributed by atoms with van der Waals surface area (Å²) in [6.45, 7) is 6.22. The van der Waals surface area contributed by atoms with Gasteiger partial charge in [-0.3, -0.25) is 4.79 Å². The second-order valence-corrected chi connectivity index (χ2v) is 8.66. The average molecular weight is 476 g/mol. The molecule has 5 aromatic rings. The van der Waals surface area contributed by atoms with Crippen molar-refractivity contribution in [3.8, 4) is 11.5 Å². The first-order chi connectivity index (χ1) is 17.7. The van der Waals surface area contributed by atoms with Gasteiger partial charge in [0, 0.05) is 30.0 Å². The first kappa shape index (κ1) is 23.4. The molecular weight excluding hydrogens is 446 g/mol. The third-order valence-electron chi connectivity index (χ3n) is 6.43. The van der Waals surface area contributed by atoms with Crippen LogP contribution in [-0.2, 0) is 4.79 Å². The van der Waals surface area contributed by atoms with Crippen molar-refractivity contribution in [1.29, 1.82) is 0 Å². The van der Waals surface area contributed by atoms with Gasteiger partial charge in [0.1, 0.15) is 5.52 Å². The molecule has 0 spiro atoms. The van der Waals surface area contributed by atoms with Crippen LogP contribution in [0.5, 0.6) is 0 Å². The lowest BCUT2D eigenvalue weighted by Crippen LogP contribution is -2.22. The number of rotatable bonds is 8. The van der Waals surface area contributed by atoms with E-state index >= 15 is 0 Å². The maximum Gasteiger partial charge on any atom is 0.236 e. The molecule has 0 saturated carbocycles. The number of carbonyl (C=O) groups is 1. The number of nitrogens with zero attached hydrogens (tertiary/aromatic N) is 2. The summed E-state index contributed by atoms with van der Waals surface area (Å²) >= 11 is 0. The molecular formula is C31H29N3O2. The van der Waals surface area contributed by atoms with Crippen LogP contribution in [-0.4, -0.2) is 24.0 Å². The number of aromatic nitrogens is 1. The Labute approximate surface area is 211 Å². The van der Waals surface area contributed by atoms with Gasteiger partial charge < -0.3 is 14.6 Å². The Morgan fingerprint density at radius 2 is 1.44 bits per heavy atom. The number of hydrogen-bond acceptors (Lipinski definition) is 4. The van der Waals surface area contributed by atoms with Gasteiger partial charge in [0.2, 0.25) is 11.8 Å². The van der Waals surface area contributed by atoms with Gasteiger partial charge >= 0.3 is 0 Å². The second-order valence-electron chi connectivity index (χ2n) is 8.66. The Morgan fingerprint density at radius 3 is 2.03 bits per heavy atom. The standard InChI is InChI=1S/C31H29N3O2/c1-3-34(4-2)26-18-15-24(16-19-26)31-33-27-21-25(17-20-28(27)36-31)32-30(35)29(22-11-7-5-8-12-22)23-13-9-6-10-14-23/h5-21,29H,3-4H2,1-2H3,(H,32,35). The van der Waals surface area contributed by atoms with E-state index in [0.717, 1.165) is 29.8 Å². The number of hydrogen-bond donors (Lipinski definition) is 1. The molecule has 1 heterocycles. The summed E-state index contributed by atoms with van der Waals surface area (Å²) in [5.74, 6) is 0.0498. The van der Waals surface area contributed by atoms with Crippen LogP contribution in [0, 0.1) is 0 Å². The van der Waals surface area contributed by atoms with E-state index in [1.165, 1.54) is 5.69 Å². The molecule has 5 heteroatoms. The average Bonchev–Trinajstić information content (AvgIpc) is 3.35. The van der Waals surface area contributed by atoms with Gasteiger partial charge in [0.15, 0.2) is 5.58 Å². The molecule has 4 aromatic carbocycles. The third-order valence-corrected chi connectivity index (χ3v) is 6.43. The van der Waals surface area contributed by atoms with Crippen LogP contribution < -0.4 is 10.2 Å². The van der Waals surface area contributed by atoms with Crippen LogP contribution in [0.25, 0.3) is 22.6 Å². The molecule has 1 amide bonds. The van der Waals surface area contributed by atoms with E-state index in [1.807, 2.05) is 91.0 Å². The van der Waals surface area contributed by atoms with Crippen LogP contribution in [0.2, 0.25) is 0 Å². The molecule has 1 aromatic heterocycles. The van der Waals surface area contributed by atoms with Crippen molar-refractivity contribution < 1.29 is 9.21 Å². The van der Waals surface area contributed by atoms with E-state index in [1.54, 1.807) is 0 Å². The van der Waals surface area contributed by atoms with Crippen LogP contribution in [0.15, 0.2) is 108 Å². The Hall–Kier alpha value is -4.38. The minimum atomic E-state index is -0.416. The van der Waals surface area contributed by atoms with Gasteiger partial charge in [-0.15, -0.1) is 0 Å². The van der Waals surface area contributed by atoms with Gasteiger partial charge in [-0.2, -0.15) is 0 Å². The number of carbonyl (C=O) groups excluding carboxylic acids is 1. The molecule has 0 bridgehead atoms. The normalized spacial score (nSPS) is 11.1. The van der Waals surface area contributed by atoms with E-state index in [4.69, 9.17) is 9.40 Å². The van der Waals surface area contributed by atoms with Crippen molar-refractivity contribution in [2.45, 2.75) is 19.8 Å². The molecule has 0 aliphatic rings. The van der Waals surface area contributed by atoms with E-state index in [9.17, 15) is 4.79 Å². The number of benzene rings is 4. The molecule has 0 saturated heterocycles. The number of anilines is 2. The fourth-order valence-corrected chi connectivity index (χ4v) is 4.53. The highest BCUT2D eigenvalue weighted by Crippen LogP contribution is 2.30. The maximum atomic E-state index is 13.5. The monoisotopic (exact) mass is 475 g/mol. The molecule has 0 aliphatic carbocycles. The number of nitrogens with one attached hydrogen (secondary N) is 1. The molecule has 0 radical (unpaired) electrons. The minimum absolute atomic E-state index is 0.0949. The van der Waals surface area contributed by atoms with Crippen molar-refractivity contribution in [1.82, 2.24) is 4.98 Å². The summed E-state index contributed by atoms with van der Waals surface area (Å²) in [4.78, 5) is 20.4. The smallest absolute Gasteiger partial charge is 0.236 e. The maximum absolute atomic E-state index is 13.5. The largest absolute Gasteiger partial charge is 0.436 e. The Bertz CT molecular complexity index is 1400. The third kappa shape index (κ3) is 4.86. The predicted molar refractivity (Wildman–Crippen MR) is 146 cm³/mol. The molecule has 1 N–H and O–H groups in total.